The molecule has 1 N–H and O–H groups in total. The molecule has 0 spiro atoms. The van der Waals surface area contributed by atoms with Crippen molar-refractivity contribution in [1.82, 2.24) is 4.98 Å². The van der Waals surface area contributed by atoms with Crippen molar-refractivity contribution in [2.45, 2.75) is 39.0 Å². The summed E-state index contributed by atoms with van der Waals surface area (Å²) in [4.78, 5) is 16.6. The monoisotopic (exact) mass is 378 g/mol. The van der Waals surface area contributed by atoms with Crippen LogP contribution in [-0.4, -0.2) is 10.9 Å². The first-order valence-corrected chi connectivity index (χ1v) is 9.12. The van der Waals surface area contributed by atoms with Crippen LogP contribution in [0.3, 0.4) is 0 Å². The maximum absolute atomic E-state index is 12.7. The van der Waals surface area contributed by atoms with Gasteiger partial charge < -0.3 is 10.1 Å². The van der Waals surface area contributed by atoms with Crippen LogP contribution in [0.15, 0.2) is 36.7 Å². The lowest BCUT2D eigenvalue weighted by molar-refractivity contribution is -0.126. The van der Waals surface area contributed by atoms with Gasteiger partial charge in [-0.05, 0) is 37.1 Å². The van der Waals surface area contributed by atoms with E-state index < -0.39 is 0 Å². The first kappa shape index (κ1) is 18.0. The Balaban J connectivity index is 1.77. The predicted octanol–water partition coefficient (Wildman–Crippen LogP) is 6.09. The Labute approximate surface area is 157 Å². The van der Waals surface area contributed by atoms with Crippen LogP contribution in [-0.2, 0) is 4.79 Å². The number of halogens is 2. The van der Waals surface area contributed by atoms with Gasteiger partial charge in [0.05, 0.1) is 10.7 Å². The number of amides is 1. The Morgan fingerprint density at radius 3 is 2.44 bits per heavy atom. The fourth-order valence-electron chi connectivity index (χ4n) is 3.07. The van der Waals surface area contributed by atoms with Crippen molar-refractivity contribution in [3.8, 4) is 11.5 Å². The van der Waals surface area contributed by atoms with Crippen molar-refractivity contribution in [1.29, 1.82) is 0 Å². The van der Waals surface area contributed by atoms with Crippen molar-refractivity contribution >= 4 is 34.8 Å². The molecule has 1 fully saturated rings. The van der Waals surface area contributed by atoms with Crippen molar-refractivity contribution in [3.63, 3.8) is 0 Å². The Bertz CT molecular complexity index is 760. The third-order valence-corrected chi connectivity index (χ3v) is 5.54. The smallest absolute Gasteiger partial charge is 0.230 e. The minimum absolute atomic E-state index is 0.00651. The fourth-order valence-corrected chi connectivity index (χ4v) is 3.48. The first-order valence-electron chi connectivity index (χ1n) is 8.37. The Kier molecular flexibility index (Phi) is 5.50. The number of carbonyl (C=O) groups is 1. The van der Waals surface area contributed by atoms with Crippen LogP contribution < -0.4 is 10.1 Å². The molecule has 0 bridgehead atoms. The van der Waals surface area contributed by atoms with Crippen molar-refractivity contribution in [2.75, 3.05) is 5.32 Å². The topological polar surface area (TPSA) is 51.2 Å². The van der Waals surface area contributed by atoms with Crippen LogP contribution in [0.25, 0.3) is 0 Å². The molecule has 2 aromatic rings. The summed E-state index contributed by atoms with van der Waals surface area (Å²) >= 11 is 12.7. The molecule has 132 valence electrons. The van der Waals surface area contributed by atoms with Gasteiger partial charge in [0, 0.05) is 17.8 Å². The molecule has 3 rings (SSSR count). The predicted molar refractivity (Wildman–Crippen MR) is 101 cm³/mol. The number of nitrogens with one attached hydrogen (secondary N) is 1. The quantitative estimate of drug-likeness (QED) is 0.699. The molecule has 1 aromatic carbocycles. The third-order valence-electron chi connectivity index (χ3n) is 4.68. The van der Waals surface area contributed by atoms with Gasteiger partial charge in [0.2, 0.25) is 5.91 Å². The van der Waals surface area contributed by atoms with E-state index in [1.54, 1.807) is 36.7 Å². The van der Waals surface area contributed by atoms with Gasteiger partial charge in [-0.3, -0.25) is 9.78 Å². The summed E-state index contributed by atoms with van der Waals surface area (Å²) in [7, 11) is 0. The molecule has 0 saturated heterocycles. The number of ether oxygens (including phenoxy) is 1. The van der Waals surface area contributed by atoms with Gasteiger partial charge in [-0.25, -0.2) is 0 Å². The molecule has 25 heavy (non-hydrogen) atoms. The molecule has 1 heterocycles. The van der Waals surface area contributed by atoms with Crippen LogP contribution in [0, 0.1) is 5.41 Å². The van der Waals surface area contributed by atoms with Crippen LogP contribution in [0.5, 0.6) is 11.5 Å². The SMILES string of the molecule is CC1(C(=O)Nc2ccc(Oc3ccncc3)c(Cl)c2Cl)CCCCC1. The minimum atomic E-state index is -0.347. The van der Waals surface area contributed by atoms with Gasteiger partial charge in [-0.15, -0.1) is 0 Å². The maximum Gasteiger partial charge on any atom is 0.230 e. The lowest BCUT2D eigenvalue weighted by Crippen LogP contribution is -2.35. The van der Waals surface area contributed by atoms with E-state index in [0.717, 1.165) is 25.7 Å². The zero-order valence-electron chi connectivity index (χ0n) is 14.0. The first-order chi connectivity index (χ1) is 12.0. The van der Waals surface area contributed by atoms with E-state index in [0.29, 0.717) is 17.2 Å². The molecule has 0 radical (unpaired) electrons. The van der Waals surface area contributed by atoms with Gasteiger partial charge in [0.1, 0.15) is 16.5 Å². The molecule has 6 heteroatoms. The summed E-state index contributed by atoms with van der Waals surface area (Å²) in [5, 5.41) is 3.48. The molecule has 0 aliphatic heterocycles. The number of rotatable bonds is 4. The molecule has 1 aliphatic rings. The summed E-state index contributed by atoms with van der Waals surface area (Å²) in [5.74, 6) is 1.03. The highest BCUT2D eigenvalue weighted by Gasteiger charge is 2.34. The van der Waals surface area contributed by atoms with Crippen LogP contribution in [0.2, 0.25) is 10.0 Å². The van der Waals surface area contributed by atoms with Crippen molar-refractivity contribution < 1.29 is 9.53 Å². The Hall–Kier alpha value is -1.78. The van der Waals surface area contributed by atoms with Gasteiger partial charge in [0.25, 0.3) is 0 Å². The van der Waals surface area contributed by atoms with E-state index in [4.69, 9.17) is 27.9 Å². The number of benzene rings is 1. The zero-order valence-corrected chi connectivity index (χ0v) is 15.5. The molecule has 4 nitrogen and oxygen atoms in total. The number of pyridine rings is 1. The average Bonchev–Trinajstić information content (AvgIpc) is 2.63. The zero-order chi connectivity index (χ0) is 17.9. The number of aromatic nitrogens is 1. The Morgan fingerprint density at radius 1 is 1.08 bits per heavy atom. The fraction of sp³-hybridized carbons (Fsp3) is 0.368. The second-order valence-corrected chi connectivity index (χ2v) is 7.36. The summed E-state index contributed by atoms with van der Waals surface area (Å²) in [6, 6.07) is 6.87. The summed E-state index contributed by atoms with van der Waals surface area (Å²) in [6.45, 7) is 2.01. The second-order valence-electron chi connectivity index (χ2n) is 6.60. The Morgan fingerprint density at radius 2 is 1.76 bits per heavy atom. The van der Waals surface area contributed by atoms with E-state index in [9.17, 15) is 4.79 Å². The highest BCUT2D eigenvalue weighted by Crippen LogP contribution is 2.41. The van der Waals surface area contributed by atoms with Gasteiger partial charge in [-0.1, -0.05) is 49.4 Å². The van der Waals surface area contributed by atoms with Gasteiger partial charge >= 0.3 is 0 Å². The number of hydrogen-bond donors (Lipinski definition) is 1. The average molecular weight is 379 g/mol. The summed E-state index contributed by atoms with van der Waals surface area (Å²) in [6.07, 6.45) is 8.40. The molecule has 0 atom stereocenters. The molecular formula is C19H20Cl2N2O2. The maximum atomic E-state index is 12.7. The molecule has 0 unspecified atom stereocenters. The summed E-state index contributed by atoms with van der Waals surface area (Å²) in [5.41, 5.74) is 0.158. The highest BCUT2D eigenvalue weighted by molar-refractivity contribution is 6.44. The van der Waals surface area contributed by atoms with E-state index in [2.05, 4.69) is 10.3 Å². The van der Waals surface area contributed by atoms with E-state index in [-0.39, 0.29) is 21.4 Å². The van der Waals surface area contributed by atoms with E-state index in [1.165, 1.54) is 6.42 Å². The van der Waals surface area contributed by atoms with Gasteiger partial charge in [0.15, 0.2) is 0 Å². The van der Waals surface area contributed by atoms with Crippen LogP contribution in [0.1, 0.15) is 39.0 Å². The second kappa shape index (κ2) is 7.63. The van der Waals surface area contributed by atoms with Gasteiger partial charge in [-0.2, -0.15) is 0 Å². The van der Waals surface area contributed by atoms with Crippen LogP contribution in [0.4, 0.5) is 5.69 Å². The molecule has 1 aliphatic carbocycles. The van der Waals surface area contributed by atoms with E-state index in [1.807, 2.05) is 6.92 Å². The lowest BCUT2D eigenvalue weighted by Gasteiger charge is -2.32. The molecule has 1 amide bonds. The number of anilines is 1. The summed E-state index contributed by atoms with van der Waals surface area (Å²) < 4.78 is 5.72. The molecule has 1 saturated carbocycles. The van der Waals surface area contributed by atoms with Crippen molar-refractivity contribution in [3.05, 3.63) is 46.7 Å². The normalized spacial score (nSPS) is 16.3. The highest BCUT2D eigenvalue weighted by atomic mass is 35.5. The van der Waals surface area contributed by atoms with E-state index >= 15 is 0 Å². The largest absolute Gasteiger partial charge is 0.456 e. The minimum Gasteiger partial charge on any atom is -0.456 e. The number of carbonyl (C=O) groups excluding carboxylic acids is 1. The molecule has 1 aromatic heterocycles. The number of nitrogens with zero attached hydrogens (tertiary/aromatic N) is 1. The van der Waals surface area contributed by atoms with Crippen LogP contribution >= 0.6 is 23.2 Å². The standard InChI is InChI=1S/C19H20Cl2N2O2/c1-19(9-3-2-4-10-19)18(24)23-14-5-6-15(17(21)16(14)20)25-13-7-11-22-12-8-13/h5-8,11-12H,2-4,9-10H2,1H3,(H,23,24). The molecular weight excluding hydrogens is 359 g/mol. The third kappa shape index (κ3) is 4.07. The lowest BCUT2D eigenvalue weighted by atomic mass is 9.75. The van der Waals surface area contributed by atoms with Crippen molar-refractivity contribution in [2.24, 2.45) is 5.41 Å². The number of hydrogen-bond acceptors (Lipinski definition) is 3.